The first-order valence-corrected chi connectivity index (χ1v) is 6.26. The van der Waals surface area contributed by atoms with Gasteiger partial charge in [0, 0.05) is 7.05 Å². The molecule has 0 bridgehead atoms. The van der Waals surface area contributed by atoms with Crippen LogP contribution in [0.25, 0.3) is 0 Å². The summed E-state index contributed by atoms with van der Waals surface area (Å²) in [5.41, 5.74) is 6.37. The smallest absolute Gasteiger partial charge is 0.256 e. The molecule has 0 radical (unpaired) electrons. The average molecular weight is 252 g/mol. The Hall–Kier alpha value is -1.56. The van der Waals surface area contributed by atoms with Gasteiger partial charge in [-0.2, -0.15) is 5.10 Å². The lowest BCUT2D eigenvalue weighted by molar-refractivity contribution is 0.0993. The number of nitrogens with two attached hydrogens (primary N) is 1. The molecule has 100 valence electrons. The third kappa shape index (κ3) is 2.64. The number of carbonyl (C=O) groups is 1. The van der Waals surface area contributed by atoms with E-state index in [1.807, 2.05) is 0 Å². The Kier molecular flexibility index (Phi) is 3.86. The molecule has 18 heavy (non-hydrogen) atoms. The number of piperidine rings is 1. The maximum Gasteiger partial charge on any atom is 0.256 e. The third-order valence-electron chi connectivity index (χ3n) is 3.33. The van der Waals surface area contributed by atoms with Gasteiger partial charge in [-0.15, -0.1) is 0 Å². The fourth-order valence-corrected chi connectivity index (χ4v) is 2.33. The molecule has 0 spiro atoms. The zero-order valence-corrected chi connectivity index (χ0v) is 10.9. The summed E-state index contributed by atoms with van der Waals surface area (Å²) in [5.74, 6) is 0.529. The van der Waals surface area contributed by atoms with E-state index in [0.717, 1.165) is 25.9 Å². The lowest BCUT2D eigenvalue weighted by Gasteiger charge is -2.22. The van der Waals surface area contributed by atoms with Crippen molar-refractivity contribution < 1.29 is 9.53 Å². The first-order valence-electron chi connectivity index (χ1n) is 6.26. The lowest BCUT2D eigenvalue weighted by atomic mass is 9.99. The molecule has 1 aromatic heterocycles. The van der Waals surface area contributed by atoms with Crippen LogP contribution in [0.5, 0.6) is 5.88 Å². The molecule has 6 heteroatoms. The normalized spacial score (nSPS) is 16.8. The Morgan fingerprint density at radius 1 is 1.56 bits per heavy atom. The Morgan fingerprint density at radius 3 is 2.83 bits per heavy atom. The molecule has 1 fully saturated rings. The quantitative estimate of drug-likeness (QED) is 0.802. The number of amides is 1. The molecule has 0 unspecified atom stereocenters. The van der Waals surface area contributed by atoms with Gasteiger partial charge in [0.05, 0.1) is 12.3 Å². The van der Waals surface area contributed by atoms with Crippen LogP contribution >= 0.6 is 0 Å². The average Bonchev–Trinajstić information content (AvgIpc) is 2.62. The minimum atomic E-state index is -0.485. The molecule has 0 atom stereocenters. The SMILES string of the molecule is Cc1nn(C)c(OCC2CCNCC2)c1C(N)=O. The minimum absolute atomic E-state index is 0.395. The van der Waals surface area contributed by atoms with Crippen LogP contribution in [0.2, 0.25) is 0 Å². The summed E-state index contributed by atoms with van der Waals surface area (Å²) >= 11 is 0. The molecule has 3 N–H and O–H groups in total. The second-order valence-electron chi connectivity index (χ2n) is 4.76. The van der Waals surface area contributed by atoms with Gasteiger partial charge in [-0.1, -0.05) is 0 Å². The number of hydrogen-bond acceptors (Lipinski definition) is 4. The van der Waals surface area contributed by atoms with Crippen LogP contribution in [0.4, 0.5) is 0 Å². The summed E-state index contributed by atoms with van der Waals surface area (Å²) in [6.45, 7) is 4.43. The zero-order chi connectivity index (χ0) is 13.1. The second kappa shape index (κ2) is 5.39. The van der Waals surface area contributed by atoms with Gasteiger partial charge < -0.3 is 15.8 Å². The number of nitrogens with zero attached hydrogens (tertiary/aromatic N) is 2. The van der Waals surface area contributed by atoms with E-state index in [9.17, 15) is 4.79 Å². The summed E-state index contributed by atoms with van der Waals surface area (Å²) in [5, 5.41) is 7.49. The topological polar surface area (TPSA) is 82.2 Å². The van der Waals surface area contributed by atoms with Gasteiger partial charge in [-0.05, 0) is 38.8 Å². The molecule has 6 nitrogen and oxygen atoms in total. The van der Waals surface area contributed by atoms with Crippen molar-refractivity contribution in [3.63, 3.8) is 0 Å². The highest BCUT2D eigenvalue weighted by molar-refractivity contribution is 5.96. The van der Waals surface area contributed by atoms with Crippen LogP contribution in [0.1, 0.15) is 28.9 Å². The first-order chi connectivity index (χ1) is 8.59. The molecular formula is C12H20N4O2. The Bertz CT molecular complexity index is 436. The standard InChI is InChI=1S/C12H20N4O2/c1-8-10(11(13)17)12(16(2)15-8)18-7-9-3-5-14-6-4-9/h9,14H,3-7H2,1-2H3,(H2,13,17). The largest absolute Gasteiger partial charge is 0.477 e. The van der Waals surface area contributed by atoms with Crippen LogP contribution in [-0.2, 0) is 7.05 Å². The van der Waals surface area contributed by atoms with Gasteiger partial charge in [-0.25, -0.2) is 4.68 Å². The highest BCUT2D eigenvalue weighted by Crippen LogP contribution is 2.22. The number of carbonyl (C=O) groups excluding carboxylic acids is 1. The molecule has 2 heterocycles. The molecule has 1 amide bonds. The van der Waals surface area contributed by atoms with Crippen LogP contribution in [0, 0.1) is 12.8 Å². The van der Waals surface area contributed by atoms with Crippen LogP contribution < -0.4 is 15.8 Å². The van der Waals surface area contributed by atoms with E-state index in [0.29, 0.717) is 29.7 Å². The predicted molar refractivity (Wildman–Crippen MR) is 67.6 cm³/mol. The van der Waals surface area contributed by atoms with Crippen LogP contribution in [0.15, 0.2) is 0 Å². The van der Waals surface area contributed by atoms with Crippen molar-refractivity contribution in [1.82, 2.24) is 15.1 Å². The monoisotopic (exact) mass is 252 g/mol. The third-order valence-corrected chi connectivity index (χ3v) is 3.33. The Balaban J connectivity index is 2.06. The highest BCUT2D eigenvalue weighted by Gasteiger charge is 2.21. The molecule has 1 aliphatic rings. The number of aromatic nitrogens is 2. The van der Waals surface area contributed by atoms with Crippen molar-refractivity contribution in [3.8, 4) is 5.88 Å². The maximum absolute atomic E-state index is 11.4. The number of ether oxygens (including phenoxy) is 1. The fourth-order valence-electron chi connectivity index (χ4n) is 2.33. The predicted octanol–water partition coefficient (Wildman–Crippen LogP) is 0.206. The lowest BCUT2D eigenvalue weighted by Crippen LogP contribution is -2.31. The van der Waals surface area contributed by atoms with Gasteiger partial charge >= 0.3 is 0 Å². The van der Waals surface area contributed by atoms with Crippen molar-refractivity contribution in [1.29, 1.82) is 0 Å². The van der Waals surface area contributed by atoms with Gasteiger partial charge in [-0.3, -0.25) is 4.79 Å². The van der Waals surface area contributed by atoms with Crippen molar-refractivity contribution >= 4 is 5.91 Å². The number of rotatable bonds is 4. The van der Waals surface area contributed by atoms with Crippen molar-refractivity contribution in [2.75, 3.05) is 19.7 Å². The van der Waals surface area contributed by atoms with Crippen molar-refractivity contribution in [2.45, 2.75) is 19.8 Å². The number of aryl methyl sites for hydroxylation is 2. The van der Waals surface area contributed by atoms with Gasteiger partial charge in [0.15, 0.2) is 0 Å². The molecule has 2 rings (SSSR count). The summed E-state index contributed by atoms with van der Waals surface area (Å²) in [7, 11) is 1.76. The van der Waals surface area contributed by atoms with Gasteiger partial charge in [0.1, 0.15) is 5.56 Å². The van der Waals surface area contributed by atoms with Crippen molar-refractivity contribution in [3.05, 3.63) is 11.3 Å². The summed E-state index contributed by atoms with van der Waals surface area (Å²) in [4.78, 5) is 11.4. The van der Waals surface area contributed by atoms with E-state index in [2.05, 4.69) is 10.4 Å². The second-order valence-corrected chi connectivity index (χ2v) is 4.76. The van der Waals surface area contributed by atoms with Crippen LogP contribution in [-0.4, -0.2) is 35.4 Å². The molecular weight excluding hydrogens is 232 g/mol. The summed E-state index contributed by atoms with van der Waals surface area (Å²) < 4.78 is 7.34. The van der Waals surface area contributed by atoms with E-state index in [4.69, 9.17) is 10.5 Å². The first kappa shape index (κ1) is 12.9. The molecule has 0 saturated carbocycles. The van der Waals surface area contributed by atoms with E-state index in [1.54, 1.807) is 18.7 Å². The van der Waals surface area contributed by atoms with Gasteiger partial charge in [0.2, 0.25) is 5.88 Å². The summed E-state index contributed by atoms with van der Waals surface area (Å²) in [6.07, 6.45) is 2.20. The Morgan fingerprint density at radius 2 is 2.22 bits per heavy atom. The molecule has 0 aromatic carbocycles. The zero-order valence-electron chi connectivity index (χ0n) is 10.9. The van der Waals surface area contributed by atoms with E-state index in [1.165, 1.54) is 0 Å². The Labute approximate surface area is 106 Å². The molecule has 1 saturated heterocycles. The van der Waals surface area contributed by atoms with Crippen molar-refractivity contribution in [2.24, 2.45) is 18.7 Å². The van der Waals surface area contributed by atoms with E-state index < -0.39 is 5.91 Å². The minimum Gasteiger partial charge on any atom is -0.477 e. The maximum atomic E-state index is 11.4. The fraction of sp³-hybridized carbons (Fsp3) is 0.667. The number of hydrogen-bond donors (Lipinski definition) is 2. The molecule has 1 aliphatic heterocycles. The van der Waals surface area contributed by atoms with Crippen LogP contribution in [0.3, 0.4) is 0 Å². The number of nitrogens with one attached hydrogen (secondary N) is 1. The van der Waals surface area contributed by atoms with E-state index >= 15 is 0 Å². The van der Waals surface area contributed by atoms with Gasteiger partial charge in [0.25, 0.3) is 5.91 Å². The number of primary amides is 1. The highest BCUT2D eigenvalue weighted by atomic mass is 16.5. The summed E-state index contributed by atoms with van der Waals surface area (Å²) in [6, 6.07) is 0. The molecule has 1 aromatic rings. The van der Waals surface area contributed by atoms with E-state index in [-0.39, 0.29) is 0 Å². The molecule has 0 aliphatic carbocycles.